The van der Waals surface area contributed by atoms with E-state index in [2.05, 4.69) is 10.8 Å². The quantitative estimate of drug-likeness (QED) is 0.673. The lowest BCUT2D eigenvalue weighted by Gasteiger charge is -2.02. The van der Waals surface area contributed by atoms with Crippen LogP contribution in [0.25, 0.3) is 0 Å². The molecule has 1 aromatic carbocycles. The first-order chi connectivity index (χ1) is 5.75. The van der Waals surface area contributed by atoms with E-state index in [0.29, 0.717) is 6.61 Å². The van der Waals surface area contributed by atoms with Gasteiger partial charge in [0.25, 0.3) is 0 Å². The van der Waals surface area contributed by atoms with E-state index in [1.807, 2.05) is 0 Å². The zero-order valence-electron chi connectivity index (χ0n) is 6.70. The first-order valence-corrected chi connectivity index (χ1v) is 3.62. The van der Waals surface area contributed by atoms with E-state index in [1.54, 1.807) is 6.92 Å². The molecule has 0 saturated heterocycles. The average Bonchev–Trinajstić information content (AvgIpc) is 2.05. The second kappa shape index (κ2) is 3.76. The SMILES string of the molecule is CCOC(=O)c1c[c]ccc1O. The Kier molecular flexibility index (Phi) is 2.69. The molecular formula is C9H9O3. The largest absolute Gasteiger partial charge is 0.507 e. The Labute approximate surface area is 70.6 Å². The first-order valence-electron chi connectivity index (χ1n) is 3.62. The summed E-state index contributed by atoms with van der Waals surface area (Å²) in [6, 6.07) is 7.00. The van der Waals surface area contributed by atoms with Gasteiger partial charge in [0.2, 0.25) is 0 Å². The van der Waals surface area contributed by atoms with Gasteiger partial charge in [-0.3, -0.25) is 0 Å². The molecule has 1 rings (SSSR count). The van der Waals surface area contributed by atoms with Crippen LogP contribution in [-0.4, -0.2) is 17.7 Å². The lowest BCUT2D eigenvalue weighted by Crippen LogP contribution is -2.04. The van der Waals surface area contributed by atoms with E-state index in [9.17, 15) is 9.90 Å². The van der Waals surface area contributed by atoms with Crippen LogP contribution in [0.15, 0.2) is 18.2 Å². The smallest absolute Gasteiger partial charge is 0.341 e. The van der Waals surface area contributed by atoms with Gasteiger partial charge in [-0.05, 0) is 25.1 Å². The molecule has 0 heterocycles. The van der Waals surface area contributed by atoms with Crippen molar-refractivity contribution in [2.24, 2.45) is 0 Å². The van der Waals surface area contributed by atoms with Crippen molar-refractivity contribution in [3.8, 4) is 5.75 Å². The monoisotopic (exact) mass is 165 g/mol. The Morgan fingerprint density at radius 1 is 1.75 bits per heavy atom. The van der Waals surface area contributed by atoms with E-state index >= 15 is 0 Å². The molecule has 63 valence electrons. The minimum atomic E-state index is -0.521. The van der Waals surface area contributed by atoms with Crippen molar-refractivity contribution < 1.29 is 14.6 Å². The van der Waals surface area contributed by atoms with Gasteiger partial charge in [-0.15, -0.1) is 0 Å². The summed E-state index contributed by atoms with van der Waals surface area (Å²) in [5.41, 5.74) is 0.152. The molecule has 0 fully saturated rings. The van der Waals surface area contributed by atoms with Crippen molar-refractivity contribution in [2.45, 2.75) is 6.92 Å². The average molecular weight is 165 g/mol. The number of phenols is 1. The third kappa shape index (κ3) is 1.75. The van der Waals surface area contributed by atoms with E-state index < -0.39 is 5.97 Å². The van der Waals surface area contributed by atoms with Gasteiger partial charge in [-0.2, -0.15) is 0 Å². The zero-order chi connectivity index (χ0) is 8.97. The van der Waals surface area contributed by atoms with Crippen LogP contribution < -0.4 is 0 Å². The molecule has 0 atom stereocenters. The van der Waals surface area contributed by atoms with E-state index in [1.165, 1.54) is 18.2 Å². The minimum absolute atomic E-state index is 0.0767. The van der Waals surface area contributed by atoms with Gasteiger partial charge in [0, 0.05) is 0 Å². The maximum Gasteiger partial charge on any atom is 0.341 e. The molecular weight excluding hydrogens is 156 g/mol. The maximum absolute atomic E-state index is 11.1. The van der Waals surface area contributed by atoms with Crippen LogP contribution >= 0.6 is 0 Å². The standard InChI is InChI=1S/C9H9O3/c1-2-12-9(11)7-5-3-4-6-8(7)10/h4-6,10H,2H2,1H3. The highest BCUT2D eigenvalue weighted by atomic mass is 16.5. The number of benzene rings is 1. The van der Waals surface area contributed by atoms with Crippen molar-refractivity contribution in [2.75, 3.05) is 6.61 Å². The predicted molar refractivity (Wildman–Crippen MR) is 42.9 cm³/mol. The number of carbonyl (C=O) groups is 1. The molecule has 0 bridgehead atoms. The van der Waals surface area contributed by atoms with Crippen molar-refractivity contribution in [1.29, 1.82) is 0 Å². The van der Waals surface area contributed by atoms with Crippen LogP contribution in [0.1, 0.15) is 17.3 Å². The summed E-state index contributed by atoms with van der Waals surface area (Å²) in [7, 11) is 0. The number of rotatable bonds is 2. The van der Waals surface area contributed by atoms with Gasteiger partial charge in [-0.25, -0.2) is 4.79 Å². The molecule has 12 heavy (non-hydrogen) atoms. The molecule has 0 saturated carbocycles. The van der Waals surface area contributed by atoms with Crippen molar-refractivity contribution >= 4 is 5.97 Å². The lowest BCUT2D eigenvalue weighted by molar-refractivity contribution is 0.0523. The number of esters is 1. The Morgan fingerprint density at radius 3 is 3.08 bits per heavy atom. The highest BCUT2D eigenvalue weighted by Crippen LogP contribution is 2.15. The molecule has 0 aliphatic rings. The van der Waals surface area contributed by atoms with Gasteiger partial charge < -0.3 is 9.84 Å². The molecule has 1 radical (unpaired) electrons. The number of phenolic OH excluding ortho intramolecular Hbond substituents is 1. The number of hydrogen-bond acceptors (Lipinski definition) is 3. The minimum Gasteiger partial charge on any atom is -0.507 e. The third-order valence-electron chi connectivity index (χ3n) is 1.34. The van der Waals surface area contributed by atoms with Gasteiger partial charge in [0.05, 0.1) is 6.61 Å². The molecule has 1 N–H and O–H groups in total. The highest BCUT2D eigenvalue weighted by molar-refractivity contribution is 5.92. The van der Waals surface area contributed by atoms with E-state index in [0.717, 1.165) is 0 Å². The summed E-state index contributed by atoms with van der Waals surface area (Å²) < 4.78 is 4.69. The number of carbonyl (C=O) groups excluding carboxylic acids is 1. The molecule has 0 spiro atoms. The van der Waals surface area contributed by atoms with Crippen LogP contribution in [0.2, 0.25) is 0 Å². The molecule has 0 aliphatic carbocycles. The summed E-state index contributed by atoms with van der Waals surface area (Å²) in [5, 5.41) is 9.19. The van der Waals surface area contributed by atoms with Crippen LogP contribution in [0.3, 0.4) is 0 Å². The Bertz CT molecular complexity index is 281. The maximum atomic E-state index is 11.1. The fourth-order valence-corrected chi connectivity index (χ4v) is 0.795. The summed E-state index contributed by atoms with van der Waals surface area (Å²) in [4.78, 5) is 11.1. The van der Waals surface area contributed by atoms with Gasteiger partial charge in [-0.1, -0.05) is 6.07 Å². The van der Waals surface area contributed by atoms with Crippen LogP contribution in [0, 0.1) is 6.07 Å². The molecule has 0 aromatic heterocycles. The molecule has 3 nitrogen and oxygen atoms in total. The van der Waals surface area contributed by atoms with Crippen molar-refractivity contribution in [3.63, 3.8) is 0 Å². The summed E-state index contributed by atoms with van der Waals surface area (Å²) in [6.45, 7) is 2.01. The Hall–Kier alpha value is -1.51. The van der Waals surface area contributed by atoms with E-state index in [-0.39, 0.29) is 11.3 Å². The number of hydrogen-bond donors (Lipinski definition) is 1. The van der Waals surface area contributed by atoms with Gasteiger partial charge in [0.15, 0.2) is 0 Å². The summed E-state index contributed by atoms with van der Waals surface area (Å²) >= 11 is 0. The second-order valence-corrected chi connectivity index (χ2v) is 2.16. The van der Waals surface area contributed by atoms with Crippen LogP contribution in [0.4, 0.5) is 0 Å². The fourth-order valence-electron chi connectivity index (χ4n) is 0.795. The summed E-state index contributed by atoms with van der Waals surface area (Å²) in [5.74, 6) is -0.598. The molecule has 1 aromatic rings. The van der Waals surface area contributed by atoms with Gasteiger partial charge in [0.1, 0.15) is 11.3 Å². The highest BCUT2D eigenvalue weighted by Gasteiger charge is 2.09. The molecule has 0 amide bonds. The molecule has 0 unspecified atom stereocenters. The summed E-state index contributed by atoms with van der Waals surface area (Å²) in [6.07, 6.45) is 0. The topological polar surface area (TPSA) is 46.5 Å². The first kappa shape index (κ1) is 8.59. The zero-order valence-corrected chi connectivity index (χ0v) is 6.70. The Morgan fingerprint density at radius 2 is 2.50 bits per heavy atom. The van der Waals surface area contributed by atoms with Crippen LogP contribution in [-0.2, 0) is 4.74 Å². The number of aromatic hydroxyl groups is 1. The normalized spacial score (nSPS) is 9.42. The van der Waals surface area contributed by atoms with Gasteiger partial charge >= 0.3 is 5.97 Å². The van der Waals surface area contributed by atoms with Crippen molar-refractivity contribution in [1.82, 2.24) is 0 Å². The lowest BCUT2D eigenvalue weighted by atomic mass is 10.2. The third-order valence-corrected chi connectivity index (χ3v) is 1.34. The number of ether oxygens (including phenoxy) is 1. The predicted octanol–water partition coefficient (Wildman–Crippen LogP) is 1.37. The molecule has 3 heteroatoms. The second-order valence-electron chi connectivity index (χ2n) is 2.16. The Balaban J connectivity index is 2.87. The molecule has 0 aliphatic heterocycles. The fraction of sp³-hybridized carbons (Fsp3) is 0.222. The van der Waals surface area contributed by atoms with Crippen molar-refractivity contribution in [3.05, 3.63) is 29.8 Å². The van der Waals surface area contributed by atoms with E-state index in [4.69, 9.17) is 0 Å². The van der Waals surface area contributed by atoms with Crippen LogP contribution in [0.5, 0.6) is 5.75 Å².